The van der Waals surface area contributed by atoms with Gasteiger partial charge in [-0.2, -0.15) is 4.31 Å². The summed E-state index contributed by atoms with van der Waals surface area (Å²) in [5, 5.41) is 3.90. The van der Waals surface area contributed by atoms with Crippen LogP contribution in [0.4, 0.5) is 0 Å². The summed E-state index contributed by atoms with van der Waals surface area (Å²) in [7, 11) is -3.84. The molecule has 3 aromatic rings. The van der Waals surface area contributed by atoms with Crippen LogP contribution in [0.2, 0.25) is 0 Å². The highest BCUT2D eigenvalue weighted by molar-refractivity contribution is 7.99. The topological polar surface area (TPSA) is 79.6 Å². The van der Waals surface area contributed by atoms with Gasteiger partial charge in [-0.25, -0.2) is 8.42 Å². The number of carbonyl (C=O) groups excluding carboxylic acids is 1. The van der Waals surface area contributed by atoms with Crippen molar-refractivity contribution in [1.82, 2.24) is 9.62 Å². The Balaban J connectivity index is 1.60. The molecule has 0 saturated carbocycles. The van der Waals surface area contributed by atoms with E-state index in [1.54, 1.807) is 36.0 Å². The molecular weight excluding hydrogens is 432 g/mol. The molecule has 0 aliphatic carbocycles. The fourth-order valence-electron chi connectivity index (χ4n) is 2.72. The van der Waals surface area contributed by atoms with E-state index in [4.69, 9.17) is 4.42 Å². The summed E-state index contributed by atoms with van der Waals surface area (Å²) in [6.45, 7) is 0.117. The van der Waals surface area contributed by atoms with Crippen molar-refractivity contribution in [2.45, 2.75) is 11.4 Å². The lowest BCUT2D eigenvalue weighted by Gasteiger charge is -2.19. The monoisotopic (exact) mass is 456 g/mol. The van der Waals surface area contributed by atoms with Crippen LogP contribution in [0, 0.1) is 0 Å². The summed E-state index contributed by atoms with van der Waals surface area (Å²) in [6.07, 6.45) is 2.99. The standard InChI is InChI=1S/C23H24N2O4S2/c26-23(24-14-16-30-22-11-5-2-6-12-22)19-25(18-21-10-7-15-29-21)31(27,28)17-13-20-8-3-1-4-9-20/h1-13,15,17H,14,16,18-19H2,(H,24,26)/b17-13+. The minimum atomic E-state index is -3.84. The average Bonchev–Trinajstić information content (AvgIpc) is 3.30. The van der Waals surface area contributed by atoms with Crippen molar-refractivity contribution in [3.63, 3.8) is 0 Å². The zero-order valence-electron chi connectivity index (χ0n) is 16.9. The van der Waals surface area contributed by atoms with Crippen molar-refractivity contribution in [2.75, 3.05) is 18.8 Å². The molecule has 162 valence electrons. The van der Waals surface area contributed by atoms with Crippen molar-refractivity contribution in [2.24, 2.45) is 0 Å². The summed E-state index contributed by atoms with van der Waals surface area (Å²) in [6, 6.07) is 22.4. The Morgan fingerprint density at radius 3 is 2.39 bits per heavy atom. The van der Waals surface area contributed by atoms with Gasteiger partial charge in [0.25, 0.3) is 0 Å². The quantitative estimate of drug-likeness (QED) is 0.349. The molecule has 31 heavy (non-hydrogen) atoms. The van der Waals surface area contributed by atoms with Crippen molar-refractivity contribution in [1.29, 1.82) is 0 Å². The molecule has 3 rings (SSSR count). The molecule has 0 bridgehead atoms. The molecule has 0 fully saturated rings. The molecule has 0 saturated heterocycles. The Labute approximate surface area is 187 Å². The lowest BCUT2D eigenvalue weighted by Crippen LogP contribution is -2.40. The molecule has 0 aliphatic rings. The number of sulfonamides is 1. The Hall–Kier alpha value is -2.81. The van der Waals surface area contributed by atoms with Gasteiger partial charge in [-0.15, -0.1) is 11.8 Å². The molecule has 0 atom stereocenters. The minimum Gasteiger partial charge on any atom is -0.468 e. The predicted octanol–water partition coefficient (Wildman–Crippen LogP) is 3.99. The maximum absolute atomic E-state index is 12.9. The molecule has 6 nitrogen and oxygen atoms in total. The molecule has 8 heteroatoms. The number of rotatable bonds is 11. The van der Waals surface area contributed by atoms with Gasteiger partial charge in [-0.1, -0.05) is 48.5 Å². The van der Waals surface area contributed by atoms with Gasteiger partial charge < -0.3 is 9.73 Å². The molecule has 1 aromatic heterocycles. The van der Waals surface area contributed by atoms with Gasteiger partial charge >= 0.3 is 0 Å². The average molecular weight is 457 g/mol. The lowest BCUT2D eigenvalue weighted by atomic mass is 10.2. The van der Waals surface area contributed by atoms with Gasteiger partial charge in [0.05, 0.1) is 19.4 Å². The van der Waals surface area contributed by atoms with Crippen LogP contribution < -0.4 is 5.32 Å². The number of nitrogens with zero attached hydrogens (tertiary/aromatic N) is 1. The first-order chi connectivity index (χ1) is 15.0. The van der Waals surface area contributed by atoms with E-state index in [2.05, 4.69) is 5.32 Å². The van der Waals surface area contributed by atoms with Crippen LogP contribution in [-0.4, -0.2) is 37.5 Å². The first-order valence-corrected chi connectivity index (χ1v) is 12.2. The highest BCUT2D eigenvalue weighted by Gasteiger charge is 2.23. The molecule has 1 amide bonds. The summed E-state index contributed by atoms with van der Waals surface area (Å²) in [5.41, 5.74) is 0.756. The van der Waals surface area contributed by atoms with E-state index >= 15 is 0 Å². The zero-order valence-corrected chi connectivity index (χ0v) is 18.5. The Kier molecular flexibility index (Phi) is 8.52. The van der Waals surface area contributed by atoms with E-state index in [9.17, 15) is 13.2 Å². The van der Waals surface area contributed by atoms with E-state index in [0.29, 0.717) is 18.1 Å². The van der Waals surface area contributed by atoms with Gasteiger partial charge in [0.2, 0.25) is 15.9 Å². The van der Waals surface area contributed by atoms with Crippen molar-refractivity contribution >= 4 is 33.8 Å². The molecule has 1 heterocycles. The van der Waals surface area contributed by atoms with Gasteiger partial charge in [-0.3, -0.25) is 4.79 Å². The third kappa shape index (κ3) is 7.75. The first kappa shape index (κ1) is 22.9. The molecule has 0 unspecified atom stereocenters. The summed E-state index contributed by atoms with van der Waals surface area (Å²) in [5.74, 6) is 0.787. The number of hydrogen-bond acceptors (Lipinski definition) is 5. The Morgan fingerprint density at radius 1 is 1.00 bits per heavy atom. The fraction of sp³-hybridized carbons (Fsp3) is 0.174. The number of hydrogen-bond donors (Lipinski definition) is 1. The third-order valence-electron chi connectivity index (χ3n) is 4.26. The van der Waals surface area contributed by atoms with Crippen LogP contribution >= 0.6 is 11.8 Å². The lowest BCUT2D eigenvalue weighted by molar-refractivity contribution is -0.121. The fourth-order valence-corrected chi connectivity index (χ4v) is 4.61. The number of benzene rings is 2. The number of carbonyl (C=O) groups is 1. The van der Waals surface area contributed by atoms with E-state index in [1.807, 2.05) is 48.5 Å². The van der Waals surface area contributed by atoms with Crippen LogP contribution in [0.5, 0.6) is 0 Å². The maximum Gasteiger partial charge on any atom is 0.237 e. The Morgan fingerprint density at radius 2 is 1.71 bits per heavy atom. The van der Waals surface area contributed by atoms with Gasteiger partial charge in [0.15, 0.2) is 0 Å². The number of thioether (sulfide) groups is 1. The molecule has 0 aliphatic heterocycles. The summed E-state index contributed by atoms with van der Waals surface area (Å²) < 4.78 is 32.2. The van der Waals surface area contributed by atoms with Crippen molar-refractivity contribution in [3.05, 3.63) is 95.8 Å². The van der Waals surface area contributed by atoms with Crippen molar-refractivity contribution in [3.8, 4) is 0 Å². The minimum absolute atomic E-state index is 0.0271. The normalized spacial score (nSPS) is 11.8. The van der Waals surface area contributed by atoms with Crippen LogP contribution in [-0.2, 0) is 21.4 Å². The number of nitrogens with one attached hydrogen (secondary N) is 1. The second-order valence-corrected chi connectivity index (χ2v) is 9.60. The number of furan rings is 1. The van der Waals surface area contributed by atoms with Gasteiger partial charge in [-0.05, 0) is 35.9 Å². The Bertz CT molecular complexity index is 1070. The maximum atomic E-state index is 12.9. The molecule has 1 N–H and O–H groups in total. The molecule has 0 radical (unpaired) electrons. The van der Waals surface area contributed by atoms with Gasteiger partial charge in [0.1, 0.15) is 5.76 Å². The summed E-state index contributed by atoms with van der Waals surface area (Å²) >= 11 is 1.62. The SMILES string of the molecule is O=C(CN(Cc1ccco1)S(=O)(=O)/C=C/c1ccccc1)NCCSc1ccccc1. The van der Waals surface area contributed by atoms with Crippen LogP contribution in [0.25, 0.3) is 6.08 Å². The highest BCUT2D eigenvalue weighted by Crippen LogP contribution is 2.16. The zero-order chi connectivity index (χ0) is 21.9. The first-order valence-electron chi connectivity index (χ1n) is 9.73. The van der Waals surface area contributed by atoms with Crippen LogP contribution in [0.15, 0.2) is 93.8 Å². The van der Waals surface area contributed by atoms with E-state index in [1.165, 1.54) is 12.3 Å². The molecular formula is C23H24N2O4S2. The second kappa shape index (κ2) is 11.5. The van der Waals surface area contributed by atoms with Gasteiger partial charge in [0, 0.05) is 22.6 Å². The van der Waals surface area contributed by atoms with E-state index in [-0.39, 0.29) is 19.0 Å². The summed E-state index contributed by atoms with van der Waals surface area (Å²) in [4.78, 5) is 13.5. The van der Waals surface area contributed by atoms with Crippen molar-refractivity contribution < 1.29 is 17.6 Å². The molecule has 0 spiro atoms. The predicted molar refractivity (Wildman–Crippen MR) is 124 cm³/mol. The number of amides is 1. The largest absolute Gasteiger partial charge is 0.468 e. The second-order valence-electron chi connectivity index (χ2n) is 6.62. The van der Waals surface area contributed by atoms with Crippen LogP contribution in [0.1, 0.15) is 11.3 Å². The highest BCUT2D eigenvalue weighted by atomic mass is 32.2. The van der Waals surface area contributed by atoms with Crippen LogP contribution in [0.3, 0.4) is 0 Å². The van der Waals surface area contributed by atoms with E-state index < -0.39 is 10.0 Å². The third-order valence-corrected chi connectivity index (χ3v) is 6.73. The van der Waals surface area contributed by atoms with E-state index in [0.717, 1.165) is 20.2 Å². The smallest absolute Gasteiger partial charge is 0.237 e. The molecule has 2 aromatic carbocycles.